The molecule has 19 heteroatoms. The van der Waals surface area contributed by atoms with E-state index in [4.69, 9.17) is 37.4 Å². The second-order valence-electron chi connectivity index (χ2n) is 11.8. The van der Waals surface area contributed by atoms with Gasteiger partial charge in [0.15, 0.2) is 11.6 Å². The minimum Gasteiger partial charge on any atom is -0.456 e. The van der Waals surface area contributed by atoms with Crippen molar-refractivity contribution < 1.29 is 28.6 Å². The van der Waals surface area contributed by atoms with Gasteiger partial charge in [-0.3, -0.25) is 0 Å². The quantitative estimate of drug-likeness (QED) is 0.0875. The van der Waals surface area contributed by atoms with E-state index in [1.54, 1.807) is 57.3 Å². The first-order chi connectivity index (χ1) is 25.4. The Morgan fingerprint density at radius 2 is 1.33 bits per heavy atom. The lowest BCUT2D eigenvalue weighted by Crippen LogP contribution is -2.27. The van der Waals surface area contributed by atoms with E-state index in [1.165, 1.54) is 70.0 Å². The summed E-state index contributed by atoms with van der Waals surface area (Å²) < 4.78 is 19.5. The Morgan fingerprint density at radius 1 is 0.778 bits per heavy atom. The molecule has 6 rings (SSSR count). The van der Waals surface area contributed by atoms with Crippen molar-refractivity contribution >= 4 is 66.0 Å². The Balaban J connectivity index is 0.000000244. The number of nitrogens with zero attached hydrogens (tertiary/aromatic N) is 9. The van der Waals surface area contributed by atoms with Crippen LogP contribution in [0.4, 0.5) is 4.79 Å². The van der Waals surface area contributed by atoms with Gasteiger partial charge in [-0.1, -0.05) is 47.5 Å². The zero-order chi connectivity index (χ0) is 37.8. The van der Waals surface area contributed by atoms with Crippen LogP contribution in [0.2, 0.25) is 10.0 Å². The number of H-pyrrole nitrogens is 1. The molecule has 54 heavy (non-hydrogen) atoms. The minimum atomic E-state index is -0.653. The molecule has 4 heterocycles. The Bertz CT molecular complexity index is 2220. The lowest BCUT2D eigenvalue weighted by molar-refractivity contribution is -0.139. The maximum Gasteiger partial charge on any atom is 0.420 e. The highest BCUT2D eigenvalue weighted by molar-refractivity contribution is 6.31. The summed E-state index contributed by atoms with van der Waals surface area (Å²) in [5, 5.41) is 9.68. The lowest BCUT2D eigenvalue weighted by Gasteiger charge is -2.20. The first-order valence-corrected chi connectivity index (χ1v) is 16.4. The number of rotatable bonds is 10. The van der Waals surface area contributed by atoms with Crippen molar-refractivity contribution in [3.8, 4) is 22.8 Å². The van der Waals surface area contributed by atoms with Crippen LogP contribution >= 0.6 is 35.6 Å². The van der Waals surface area contributed by atoms with E-state index in [9.17, 15) is 14.4 Å². The van der Waals surface area contributed by atoms with Crippen LogP contribution in [0, 0.1) is 0 Å². The highest BCUT2D eigenvalue weighted by atomic mass is 35.5. The highest BCUT2D eigenvalue weighted by Crippen LogP contribution is 2.20. The molecule has 0 saturated heterocycles. The molecule has 0 aliphatic rings. The molecule has 2 aromatic carbocycles. The molecule has 1 N–H and O–H groups in total. The summed E-state index contributed by atoms with van der Waals surface area (Å²) >= 11 is 11.9. The Morgan fingerprint density at radius 3 is 1.83 bits per heavy atom. The van der Waals surface area contributed by atoms with Crippen LogP contribution in [0.5, 0.6) is 0 Å². The van der Waals surface area contributed by atoms with Crippen LogP contribution in [0.1, 0.15) is 32.2 Å². The smallest absolute Gasteiger partial charge is 0.420 e. The van der Waals surface area contributed by atoms with Crippen LogP contribution in [-0.4, -0.2) is 72.7 Å². The first kappa shape index (κ1) is 40.7. The number of benzene rings is 2. The normalized spacial score (nSPS) is 11.1. The molecule has 0 bridgehead atoms. The minimum absolute atomic E-state index is 0. The second-order valence-corrected chi connectivity index (χ2v) is 12.6. The van der Waals surface area contributed by atoms with Crippen molar-refractivity contribution in [2.45, 2.75) is 39.6 Å². The van der Waals surface area contributed by atoms with Gasteiger partial charge in [0, 0.05) is 45.7 Å². The molecule has 280 valence electrons. The first-order valence-electron chi connectivity index (χ1n) is 15.7. The average molecular weight is 796 g/mol. The van der Waals surface area contributed by atoms with Gasteiger partial charge in [-0.25, -0.2) is 48.3 Å². The molecule has 0 atom stereocenters. The summed E-state index contributed by atoms with van der Waals surface area (Å²) in [6, 6.07) is 14.3. The molecule has 16 nitrogen and oxygen atoms in total. The van der Waals surface area contributed by atoms with Crippen molar-refractivity contribution in [2.24, 2.45) is 0 Å². The van der Waals surface area contributed by atoms with Gasteiger partial charge in [0.25, 0.3) is 0 Å². The third kappa shape index (κ3) is 12.5. The summed E-state index contributed by atoms with van der Waals surface area (Å²) in [6.45, 7) is 5.26. The van der Waals surface area contributed by atoms with E-state index in [1.807, 2.05) is 18.2 Å². The summed E-state index contributed by atoms with van der Waals surface area (Å²) in [5.41, 5.74) is 2.00. The third-order valence-corrected chi connectivity index (χ3v) is 6.97. The Hall–Kier alpha value is -6.10. The average Bonchev–Trinajstić information content (AvgIpc) is 3.96. The number of esters is 2. The molecule has 0 unspecified atom stereocenters. The number of carbonyl (C=O) groups is 3. The van der Waals surface area contributed by atoms with Crippen LogP contribution in [0.25, 0.3) is 35.2 Å². The molecule has 0 spiro atoms. The van der Waals surface area contributed by atoms with E-state index < -0.39 is 23.6 Å². The molecular formula is C35H33Cl3N10O6. The summed E-state index contributed by atoms with van der Waals surface area (Å²) in [6.07, 6.45) is 13.5. The third-order valence-electron chi connectivity index (χ3n) is 6.50. The number of aromatic nitrogens is 10. The maximum atomic E-state index is 12.2. The number of ether oxygens (including phenoxy) is 3. The van der Waals surface area contributed by atoms with Crippen LogP contribution in [0.3, 0.4) is 0 Å². The summed E-state index contributed by atoms with van der Waals surface area (Å²) in [5.74, 6) is -0.120. The Labute approximate surface area is 324 Å². The SMILES string of the molecule is CC(C)(C)OC(=O)n1cncc1COC(=O)/C=C\n1cnc(-c2cccc(Cl)c2)n1.Cl.O=C(/C=C\n1cnc(-c2cccc(Cl)c2)n1)OCc1cnc[nH]1. The van der Waals surface area contributed by atoms with E-state index >= 15 is 0 Å². The van der Waals surface area contributed by atoms with Crippen molar-refractivity contribution in [3.63, 3.8) is 0 Å². The van der Waals surface area contributed by atoms with E-state index in [0.717, 1.165) is 16.8 Å². The largest absolute Gasteiger partial charge is 0.456 e. The Kier molecular flexibility index (Phi) is 14.4. The summed E-state index contributed by atoms with van der Waals surface area (Å²) in [4.78, 5) is 54.7. The van der Waals surface area contributed by atoms with E-state index in [-0.39, 0.29) is 25.6 Å². The summed E-state index contributed by atoms with van der Waals surface area (Å²) in [7, 11) is 0. The number of carbonyl (C=O) groups excluding carboxylic acids is 3. The fourth-order valence-electron chi connectivity index (χ4n) is 4.15. The molecule has 0 saturated carbocycles. The van der Waals surface area contributed by atoms with Crippen LogP contribution < -0.4 is 0 Å². The van der Waals surface area contributed by atoms with E-state index in [0.29, 0.717) is 27.4 Å². The topological polar surface area (TPSA) is 187 Å². The van der Waals surface area contributed by atoms with Gasteiger partial charge < -0.3 is 19.2 Å². The van der Waals surface area contributed by atoms with Crippen molar-refractivity contribution in [3.05, 3.63) is 120 Å². The number of aromatic amines is 1. The van der Waals surface area contributed by atoms with Crippen molar-refractivity contribution in [1.82, 2.24) is 49.0 Å². The molecule has 0 radical (unpaired) electrons. The number of hydrogen-bond acceptors (Lipinski definition) is 12. The maximum absolute atomic E-state index is 12.2. The number of halogens is 3. The van der Waals surface area contributed by atoms with Gasteiger partial charge in [-0.15, -0.1) is 22.6 Å². The number of imidazole rings is 2. The molecule has 6 aromatic rings. The molecule has 0 aliphatic heterocycles. The number of hydrogen-bond donors (Lipinski definition) is 1. The molecular weight excluding hydrogens is 763 g/mol. The monoisotopic (exact) mass is 794 g/mol. The predicted molar refractivity (Wildman–Crippen MR) is 201 cm³/mol. The number of nitrogens with one attached hydrogen (secondary N) is 1. The highest BCUT2D eigenvalue weighted by Gasteiger charge is 2.20. The van der Waals surface area contributed by atoms with Gasteiger partial charge >= 0.3 is 18.0 Å². The fraction of sp³-hybridized carbons (Fsp3) is 0.171. The molecule has 0 aliphatic carbocycles. The zero-order valence-electron chi connectivity index (χ0n) is 28.9. The van der Waals surface area contributed by atoms with Gasteiger partial charge in [-0.05, 0) is 45.0 Å². The van der Waals surface area contributed by atoms with Gasteiger partial charge in [0.1, 0.15) is 37.8 Å². The van der Waals surface area contributed by atoms with Crippen molar-refractivity contribution in [2.75, 3.05) is 0 Å². The van der Waals surface area contributed by atoms with Gasteiger partial charge in [0.2, 0.25) is 0 Å². The van der Waals surface area contributed by atoms with Crippen LogP contribution in [-0.2, 0) is 37.0 Å². The van der Waals surface area contributed by atoms with Crippen LogP contribution in [0.15, 0.2) is 98.4 Å². The van der Waals surface area contributed by atoms with Crippen molar-refractivity contribution in [1.29, 1.82) is 0 Å². The van der Waals surface area contributed by atoms with Gasteiger partial charge in [-0.2, -0.15) is 0 Å². The molecule has 0 amide bonds. The lowest BCUT2D eigenvalue weighted by atomic mass is 10.2. The predicted octanol–water partition coefficient (Wildman–Crippen LogP) is 6.75. The zero-order valence-corrected chi connectivity index (χ0v) is 31.3. The molecule has 4 aromatic heterocycles. The standard InChI is InChI=1S/C20H20ClN5O4.C15H12ClN5O2.ClH/c1-20(2,3)30-19(28)26-12-22-10-16(26)11-29-17(27)7-8-25-13-23-18(24-25)14-5-4-6-15(21)9-14;16-12-3-1-2-11(6-12)15-19-10-21(20-15)5-4-14(22)23-8-13-7-17-9-18-13;/h4-10,12-13H,11H2,1-3H3;1-7,9-10H,8H2,(H,17,18);1H/b8-7-;5-4-;. The molecule has 0 fully saturated rings. The van der Waals surface area contributed by atoms with E-state index in [2.05, 4.69) is 35.1 Å². The fourth-order valence-corrected chi connectivity index (χ4v) is 4.53. The second kappa shape index (κ2) is 19.1. The van der Waals surface area contributed by atoms with Gasteiger partial charge in [0.05, 0.1) is 30.1 Å².